The Hall–Kier alpha value is -2.95. The first-order valence-electron chi connectivity index (χ1n) is 8.39. The number of hydrogen-bond donors (Lipinski definition) is 1. The molecule has 0 saturated carbocycles. The molecule has 2 aromatic heterocycles. The molecule has 1 aromatic carbocycles. The van der Waals surface area contributed by atoms with Crippen LogP contribution in [0.15, 0.2) is 54.9 Å². The van der Waals surface area contributed by atoms with E-state index in [4.69, 9.17) is 0 Å². The van der Waals surface area contributed by atoms with E-state index in [2.05, 4.69) is 44.2 Å². The normalized spacial score (nSPS) is 10.5. The molecule has 0 bridgehead atoms. The fourth-order valence-electron chi connectivity index (χ4n) is 2.60. The minimum Gasteiger partial charge on any atom is -0.343 e. The van der Waals surface area contributed by atoms with Gasteiger partial charge in [-0.25, -0.2) is 4.98 Å². The molecule has 0 atom stereocenters. The third-order valence-corrected chi connectivity index (χ3v) is 3.96. The number of nitrogens with one attached hydrogen (secondary N) is 1. The van der Waals surface area contributed by atoms with E-state index in [1.54, 1.807) is 0 Å². The van der Waals surface area contributed by atoms with Gasteiger partial charge in [-0.1, -0.05) is 12.1 Å². The Kier molecular flexibility index (Phi) is 5.23. The van der Waals surface area contributed by atoms with E-state index < -0.39 is 0 Å². The molecule has 3 rings (SSSR count). The number of likely N-dealkylation sites (N-methyl/N-ethyl adjacent to an activating group) is 1. The van der Waals surface area contributed by atoms with E-state index in [1.807, 2.05) is 56.7 Å². The maximum atomic E-state index is 4.66. The van der Waals surface area contributed by atoms with Gasteiger partial charge in [-0.3, -0.25) is 4.98 Å². The number of anilines is 3. The molecule has 5 nitrogen and oxygen atoms in total. The molecule has 25 heavy (non-hydrogen) atoms. The molecular weight excluding hydrogens is 310 g/mol. The molecule has 0 aliphatic heterocycles. The van der Waals surface area contributed by atoms with E-state index >= 15 is 0 Å². The average molecular weight is 333 g/mol. The first-order chi connectivity index (χ1) is 12.1. The van der Waals surface area contributed by atoms with Crippen molar-refractivity contribution in [3.63, 3.8) is 0 Å². The van der Waals surface area contributed by atoms with Gasteiger partial charge in [0, 0.05) is 43.4 Å². The van der Waals surface area contributed by atoms with Crippen molar-refractivity contribution in [2.24, 2.45) is 0 Å². The summed E-state index contributed by atoms with van der Waals surface area (Å²) in [4.78, 5) is 15.4. The Morgan fingerprint density at radius 2 is 1.80 bits per heavy atom. The van der Waals surface area contributed by atoms with E-state index in [-0.39, 0.29) is 0 Å². The zero-order valence-corrected chi connectivity index (χ0v) is 14.9. The first-order valence-corrected chi connectivity index (χ1v) is 8.39. The zero-order chi connectivity index (χ0) is 17.6. The minimum absolute atomic E-state index is 0.726. The van der Waals surface area contributed by atoms with Gasteiger partial charge in [-0.05, 0) is 55.7 Å². The molecule has 0 aliphatic rings. The van der Waals surface area contributed by atoms with Gasteiger partial charge in [-0.15, -0.1) is 0 Å². The van der Waals surface area contributed by atoms with Gasteiger partial charge < -0.3 is 10.2 Å². The molecule has 0 unspecified atom stereocenters. The summed E-state index contributed by atoms with van der Waals surface area (Å²) in [5, 5.41) is 3.37. The van der Waals surface area contributed by atoms with E-state index in [1.165, 1.54) is 11.1 Å². The molecule has 1 N–H and O–H groups in total. The van der Waals surface area contributed by atoms with Crippen molar-refractivity contribution >= 4 is 17.5 Å². The third kappa shape index (κ3) is 4.76. The van der Waals surface area contributed by atoms with Crippen LogP contribution in [-0.2, 0) is 6.42 Å². The fraction of sp³-hybridized carbons (Fsp3) is 0.250. The molecule has 128 valence electrons. The van der Waals surface area contributed by atoms with Crippen LogP contribution >= 0.6 is 0 Å². The second-order valence-electron chi connectivity index (χ2n) is 6.22. The number of benzene rings is 1. The maximum Gasteiger partial charge on any atom is 0.227 e. The second-order valence-corrected chi connectivity index (χ2v) is 6.22. The summed E-state index contributed by atoms with van der Waals surface area (Å²) in [5.41, 5.74) is 4.44. The molecule has 0 spiro atoms. The van der Waals surface area contributed by atoms with Crippen molar-refractivity contribution in [3.8, 4) is 0 Å². The zero-order valence-electron chi connectivity index (χ0n) is 14.9. The van der Waals surface area contributed by atoms with Crippen molar-refractivity contribution in [2.75, 3.05) is 23.8 Å². The number of aryl methyl sites for hydroxylation is 2. The van der Waals surface area contributed by atoms with Crippen molar-refractivity contribution in [2.45, 2.75) is 20.3 Å². The Morgan fingerprint density at radius 3 is 2.56 bits per heavy atom. The Labute approximate surface area is 148 Å². The number of aromatic nitrogens is 3. The smallest absolute Gasteiger partial charge is 0.227 e. The van der Waals surface area contributed by atoms with Crippen LogP contribution in [0.25, 0.3) is 0 Å². The van der Waals surface area contributed by atoms with Gasteiger partial charge in [0.25, 0.3) is 0 Å². The van der Waals surface area contributed by atoms with Gasteiger partial charge >= 0.3 is 0 Å². The lowest BCUT2D eigenvalue weighted by Crippen LogP contribution is -2.23. The summed E-state index contributed by atoms with van der Waals surface area (Å²) in [6.07, 6.45) is 4.57. The molecule has 3 aromatic rings. The monoisotopic (exact) mass is 333 g/mol. The van der Waals surface area contributed by atoms with Gasteiger partial charge in [-0.2, -0.15) is 4.98 Å². The van der Waals surface area contributed by atoms with Crippen LogP contribution in [-0.4, -0.2) is 28.5 Å². The Morgan fingerprint density at radius 1 is 1.00 bits per heavy atom. The van der Waals surface area contributed by atoms with Crippen molar-refractivity contribution in [1.29, 1.82) is 0 Å². The molecule has 0 amide bonds. The number of nitrogens with zero attached hydrogens (tertiary/aromatic N) is 4. The molecule has 0 aliphatic carbocycles. The summed E-state index contributed by atoms with van der Waals surface area (Å²) in [7, 11) is 2.02. The van der Waals surface area contributed by atoms with Crippen LogP contribution in [0.5, 0.6) is 0 Å². The Bertz CT molecular complexity index is 832. The molecule has 0 fully saturated rings. The highest BCUT2D eigenvalue weighted by atomic mass is 15.2. The minimum atomic E-state index is 0.726. The van der Waals surface area contributed by atoms with E-state index in [9.17, 15) is 0 Å². The summed E-state index contributed by atoms with van der Waals surface area (Å²) in [6.45, 7) is 4.91. The third-order valence-electron chi connectivity index (χ3n) is 3.96. The van der Waals surface area contributed by atoms with Crippen molar-refractivity contribution < 1.29 is 0 Å². The molecule has 2 heterocycles. The quantitative estimate of drug-likeness (QED) is 0.741. The van der Waals surface area contributed by atoms with Gasteiger partial charge in [0.1, 0.15) is 5.82 Å². The van der Waals surface area contributed by atoms with Crippen LogP contribution in [0.2, 0.25) is 0 Å². The van der Waals surface area contributed by atoms with E-state index in [0.717, 1.165) is 36.1 Å². The summed E-state index contributed by atoms with van der Waals surface area (Å²) in [6, 6.07) is 14.3. The maximum absolute atomic E-state index is 4.66. The van der Waals surface area contributed by atoms with Crippen LogP contribution < -0.4 is 10.2 Å². The predicted octanol–water partition coefficient (Wildman–Crippen LogP) is 3.91. The molecule has 5 heteroatoms. The van der Waals surface area contributed by atoms with E-state index in [0.29, 0.717) is 0 Å². The molecule has 0 radical (unpaired) electrons. The summed E-state index contributed by atoms with van der Waals surface area (Å²) < 4.78 is 0. The average Bonchev–Trinajstić information content (AvgIpc) is 2.60. The molecular formula is C20H23N5. The SMILES string of the molecule is Cc1cccc(Nc2cc(C)nc(N(C)CCc3ccncc3)n2)c1. The lowest BCUT2D eigenvalue weighted by molar-refractivity contribution is 0.833. The highest BCUT2D eigenvalue weighted by Crippen LogP contribution is 2.19. The highest BCUT2D eigenvalue weighted by Gasteiger charge is 2.08. The number of pyridine rings is 1. The number of hydrogen-bond acceptors (Lipinski definition) is 5. The van der Waals surface area contributed by atoms with Crippen LogP contribution in [0.4, 0.5) is 17.5 Å². The van der Waals surface area contributed by atoms with Gasteiger partial charge in [0.05, 0.1) is 0 Å². The topological polar surface area (TPSA) is 53.9 Å². The molecule has 0 saturated heterocycles. The van der Waals surface area contributed by atoms with Crippen LogP contribution in [0.1, 0.15) is 16.8 Å². The van der Waals surface area contributed by atoms with Gasteiger partial charge in [0.15, 0.2) is 0 Å². The highest BCUT2D eigenvalue weighted by molar-refractivity contribution is 5.58. The fourth-order valence-corrected chi connectivity index (χ4v) is 2.60. The standard InChI is InChI=1S/C20H23N5/c1-15-5-4-6-18(13-15)23-19-14-16(2)22-20(24-19)25(3)12-9-17-7-10-21-11-8-17/h4-8,10-11,13-14H,9,12H2,1-3H3,(H,22,23,24). The summed E-state index contributed by atoms with van der Waals surface area (Å²) in [5.74, 6) is 1.54. The van der Waals surface area contributed by atoms with Gasteiger partial charge in [0.2, 0.25) is 5.95 Å². The summed E-state index contributed by atoms with van der Waals surface area (Å²) >= 11 is 0. The lowest BCUT2D eigenvalue weighted by Gasteiger charge is -2.18. The largest absolute Gasteiger partial charge is 0.343 e. The predicted molar refractivity (Wildman–Crippen MR) is 102 cm³/mol. The van der Waals surface area contributed by atoms with Crippen molar-refractivity contribution in [1.82, 2.24) is 15.0 Å². The van der Waals surface area contributed by atoms with Crippen molar-refractivity contribution in [3.05, 3.63) is 71.7 Å². The van der Waals surface area contributed by atoms with Crippen LogP contribution in [0.3, 0.4) is 0 Å². The number of rotatable bonds is 6. The second kappa shape index (κ2) is 7.75. The van der Waals surface area contributed by atoms with Crippen LogP contribution in [0, 0.1) is 13.8 Å². The first kappa shape index (κ1) is 16.9. The Balaban J connectivity index is 1.72. The lowest BCUT2D eigenvalue weighted by atomic mass is 10.2.